The van der Waals surface area contributed by atoms with Gasteiger partial charge in [-0.15, -0.1) is 0 Å². The van der Waals surface area contributed by atoms with Gasteiger partial charge in [-0.05, 0) is 79.3 Å². The summed E-state index contributed by atoms with van der Waals surface area (Å²) in [5.74, 6) is -0.501. The van der Waals surface area contributed by atoms with Gasteiger partial charge in [0, 0.05) is 22.5 Å². The Morgan fingerprint density at radius 1 is 0.879 bits per heavy atom. The summed E-state index contributed by atoms with van der Waals surface area (Å²) in [5.41, 5.74) is 1.79. The Kier molecular flexibility index (Phi) is 8.49. The summed E-state index contributed by atoms with van der Waals surface area (Å²) in [4.78, 5) is 25.0. The number of benzene rings is 3. The van der Waals surface area contributed by atoms with Gasteiger partial charge in [-0.2, -0.15) is 0 Å². The molecule has 0 aromatic heterocycles. The van der Waals surface area contributed by atoms with Crippen molar-refractivity contribution in [2.45, 2.75) is 19.8 Å². The zero-order valence-electron chi connectivity index (χ0n) is 18.1. The highest BCUT2D eigenvalue weighted by Gasteiger charge is 2.11. The molecule has 33 heavy (non-hydrogen) atoms. The van der Waals surface area contributed by atoms with Gasteiger partial charge in [-0.25, -0.2) is 4.39 Å². The van der Waals surface area contributed by atoms with Crippen LogP contribution >= 0.6 is 12.2 Å². The molecule has 0 heterocycles. The van der Waals surface area contributed by atoms with E-state index in [1.807, 2.05) is 0 Å². The van der Waals surface area contributed by atoms with E-state index in [-0.39, 0.29) is 22.7 Å². The highest BCUT2D eigenvalue weighted by molar-refractivity contribution is 7.80. The van der Waals surface area contributed by atoms with Gasteiger partial charge in [0.15, 0.2) is 5.11 Å². The number of hydrogen-bond donors (Lipinski definition) is 3. The number of rotatable bonds is 8. The molecule has 0 atom stereocenters. The van der Waals surface area contributed by atoms with Gasteiger partial charge in [0.05, 0.1) is 6.61 Å². The van der Waals surface area contributed by atoms with E-state index in [2.05, 4.69) is 22.9 Å². The molecular formula is C25H24FN3O3S. The number of hydrogen-bond acceptors (Lipinski definition) is 4. The molecule has 0 fully saturated rings. The van der Waals surface area contributed by atoms with Crippen molar-refractivity contribution in [3.63, 3.8) is 0 Å². The third-order valence-electron chi connectivity index (χ3n) is 4.57. The Balaban J connectivity index is 1.58. The van der Waals surface area contributed by atoms with E-state index in [1.54, 1.807) is 48.5 Å². The number of unbranched alkanes of at least 4 members (excludes halogenated alkanes) is 1. The molecule has 6 nitrogen and oxygen atoms in total. The Labute approximate surface area is 197 Å². The monoisotopic (exact) mass is 465 g/mol. The molecule has 0 spiro atoms. The molecule has 8 heteroatoms. The van der Waals surface area contributed by atoms with Crippen molar-refractivity contribution in [2.24, 2.45) is 0 Å². The lowest BCUT2D eigenvalue weighted by molar-refractivity contribution is 0.0975. The van der Waals surface area contributed by atoms with Crippen LogP contribution in [0.2, 0.25) is 0 Å². The predicted octanol–water partition coefficient (Wildman–Crippen LogP) is 5.38. The molecule has 0 aliphatic carbocycles. The lowest BCUT2D eigenvalue weighted by Gasteiger charge is -2.12. The standard InChI is InChI=1S/C25H24FN3O3S/c1-2-3-14-32-22-9-5-7-18(16-22)24(31)29-25(33)28-21-8-4-6-17(15-21)23(30)27-20-12-10-19(26)11-13-20/h4-13,15-16H,2-3,14H2,1H3,(H,27,30)(H2,28,29,31,33). The Morgan fingerprint density at radius 3 is 2.30 bits per heavy atom. The van der Waals surface area contributed by atoms with E-state index in [1.165, 1.54) is 24.3 Å². The number of carbonyl (C=O) groups is 2. The van der Waals surface area contributed by atoms with Crippen LogP contribution in [0.1, 0.15) is 40.5 Å². The molecule has 0 aliphatic heterocycles. The predicted molar refractivity (Wildman–Crippen MR) is 131 cm³/mol. The van der Waals surface area contributed by atoms with Gasteiger partial charge in [0.2, 0.25) is 0 Å². The van der Waals surface area contributed by atoms with Crippen molar-refractivity contribution in [1.29, 1.82) is 0 Å². The summed E-state index contributed by atoms with van der Waals surface area (Å²) in [6, 6.07) is 19.0. The highest BCUT2D eigenvalue weighted by Crippen LogP contribution is 2.16. The normalized spacial score (nSPS) is 10.2. The maximum atomic E-state index is 13.0. The van der Waals surface area contributed by atoms with Crippen LogP contribution in [0.25, 0.3) is 0 Å². The number of halogens is 1. The van der Waals surface area contributed by atoms with E-state index < -0.39 is 0 Å². The molecule has 0 saturated carbocycles. The molecular weight excluding hydrogens is 441 g/mol. The fourth-order valence-corrected chi connectivity index (χ4v) is 3.08. The molecule has 2 amide bonds. The molecule has 0 aliphatic rings. The number of carbonyl (C=O) groups excluding carboxylic acids is 2. The van der Waals surface area contributed by atoms with Gasteiger partial charge in [-0.1, -0.05) is 25.5 Å². The van der Waals surface area contributed by atoms with Gasteiger partial charge in [-0.3, -0.25) is 14.9 Å². The molecule has 170 valence electrons. The summed E-state index contributed by atoms with van der Waals surface area (Å²) in [6.45, 7) is 2.67. The number of thiocarbonyl (C=S) groups is 1. The Morgan fingerprint density at radius 2 is 1.58 bits per heavy atom. The van der Waals surface area contributed by atoms with Crippen LogP contribution in [-0.2, 0) is 0 Å². The quantitative estimate of drug-likeness (QED) is 0.307. The van der Waals surface area contributed by atoms with Gasteiger partial charge >= 0.3 is 0 Å². The van der Waals surface area contributed by atoms with E-state index >= 15 is 0 Å². The SMILES string of the molecule is CCCCOc1cccc(C(=O)NC(=S)Nc2cccc(C(=O)Nc3ccc(F)cc3)c2)c1. The number of ether oxygens (including phenoxy) is 1. The molecule has 3 rings (SSSR count). The van der Waals surface area contributed by atoms with Crippen LogP contribution < -0.4 is 20.7 Å². The van der Waals surface area contributed by atoms with E-state index in [4.69, 9.17) is 17.0 Å². The molecule has 0 radical (unpaired) electrons. The van der Waals surface area contributed by atoms with Crippen LogP contribution in [0.5, 0.6) is 5.75 Å². The minimum absolute atomic E-state index is 0.0911. The van der Waals surface area contributed by atoms with Gasteiger partial charge in [0.25, 0.3) is 11.8 Å². The summed E-state index contributed by atoms with van der Waals surface area (Å²) in [6.07, 6.45) is 1.96. The first-order valence-electron chi connectivity index (χ1n) is 10.5. The highest BCUT2D eigenvalue weighted by atomic mass is 32.1. The van der Waals surface area contributed by atoms with E-state index in [0.717, 1.165) is 12.8 Å². The van der Waals surface area contributed by atoms with Gasteiger partial charge < -0.3 is 15.4 Å². The van der Waals surface area contributed by atoms with Crippen molar-refractivity contribution in [2.75, 3.05) is 17.2 Å². The molecule has 0 saturated heterocycles. The zero-order valence-corrected chi connectivity index (χ0v) is 18.9. The van der Waals surface area contributed by atoms with Crippen molar-refractivity contribution >= 4 is 40.5 Å². The zero-order chi connectivity index (χ0) is 23.6. The fraction of sp³-hybridized carbons (Fsp3) is 0.160. The summed E-state index contributed by atoms with van der Waals surface area (Å²) in [5, 5.41) is 8.31. The largest absolute Gasteiger partial charge is 0.494 e. The van der Waals surface area contributed by atoms with Crippen molar-refractivity contribution in [3.05, 3.63) is 89.7 Å². The molecule has 3 N–H and O–H groups in total. The minimum atomic E-state index is -0.384. The second-order valence-electron chi connectivity index (χ2n) is 7.18. The average molecular weight is 466 g/mol. The third-order valence-corrected chi connectivity index (χ3v) is 4.78. The smallest absolute Gasteiger partial charge is 0.257 e. The maximum absolute atomic E-state index is 13.0. The minimum Gasteiger partial charge on any atom is -0.494 e. The van der Waals surface area contributed by atoms with Crippen LogP contribution in [0, 0.1) is 5.82 Å². The van der Waals surface area contributed by atoms with E-state index in [9.17, 15) is 14.0 Å². The third kappa shape index (κ3) is 7.40. The number of amides is 2. The summed E-state index contributed by atoms with van der Waals surface area (Å²) < 4.78 is 18.7. The number of anilines is 2. The van der Waals surface area contributed by atoms with Crippen molar-refractivity contribution < 1.29 is 18.7 Å². The summed E-state index contributed by atoms with van der Waals surface area (Å²) >= 11 is 5.25. The second-order valence-corrected chi connectivity index (χ2v) is 7.59. The van der Waals surface area contributed by atoms with E-state index in [0.29, 0.717) is 34.9 Å². The Hall–Kier alpha value is -3.78. The fourth-order valence-electron chi connectivity index (χ4n) is 2.87. The maximum Gasteiger partial charge on any atom is 0.257 e. The van der Waals surface area contributed by atoms with Gasteiger partial charge in [0.1, 0.15) is 11.6 Å². The first kappa shape index (κ1) is 23.9. The molecule has 0 bridgehead atoms. The van der Waals surface area contributed by atoms with Crippen LogP contribution in [0.3, 0.4) is 0 Å². The lowest BCUT2D eigenvalue weighted by Crippen LogP contribution is -2.34. The molecule has 3 aromatic carbocycles. The van der Waals surface area contributed by atoms with Crippen molar-refractivity contribution in [1.82, 2.24) is 5.32 Å². The Bertz CT molecular complexity index is 1140. The molecule has 3 aromatic rings. The van der Waals surface area contributed by atoms with Crippen LogP contribution in [0.4, 0.5) is 15.8 Å². The topological polar surface area (TPSA) is 79.5 Å². The average Bonchev–Trinajstić information content (AvgIpc) is 2.81. The first-order valence-corrected chi connectivity index (χ1v) is 10.9. The van der Waals surface area contributed by atoms with Crippen LogP contribution in [0.15, 0.2) is 72.8 Å². The first-order chi connectivity index (χ1) is 15.9. The number of nitrogens with one attached hydrogen (secondary N) is 3. The summed E-state index contributed by atoms with van der Waals surface area (Å²) in [7, 11) is 0. The van der Waals surface area contributed by atoms with Crippen molar-refractivity contribution in [3.8, 4) is 5.75 Å². The lowest BCUT2D eigenvalue weighted by atomic mass is 10.2. The second kappa shape index (κ2) is 11.7. The molecule has 0 unspecified atom stereocenters. The van der Waals surface area contributed by atoms with Crippen LogP contribution in [-0.4, -0.2) is 23.5 Å².